The molecule has 5 heteroatoms. The van der Waals surface area contributed by atoms with E-state index >= 15 is 0 Å². The normalized spacial score (nSPS) is 17.3. The van der Waals surface area contributed by atoms with E-state index in [1.165, 1.54) is 17.4 Å². The molecule has 3 nitrogen and oxygen atoms in total. The smallest absolute Gasteiger partial charge is 0.203 e. The fourth-order valence-corrected chi connectivity index (χ4v) is 2.87. The van der Waals surface area contributed by atoms with Crippen LogP contribution in [0.25, 0.3) is 0 Å². The average Bonchev–Trinajstić information content (AvgIpc) is 2.96. The molecular formula is C11H10FN3S. The second-order valence-corrected chi connectivity index (χ2v) is 5.02. The highest BCUT2D eigenvalue weighted by atomic mass is 32.1. The lowest BCUT2D eigenvalue weighted by atomic mass is 9.96. The molecule has 0 radical (unpaired) electrons. The highest BCUT2D eigenvalue weighted by molar-refractivity contribution is 7.15. The van der Waals surface area contributed by atoms with Crippen LogP contribution in [-0.2, 0) is 5.41 Å². The third-order valence-corrected chi connectivity index (χ3v) is 3.95. The maximum absolute atomic E-state index is 13.7. The molecule has 1 aliphatic rings. The fraction of sp³-hybridized carbons (Fsp3) is 0.273. The quantitative estimate of drug-likeness (QED) is 0.869. The molecule has 1 fully saturated rings. The Kier molecular flexibility index (Phi) is 1.97. The first-order valence-electron chi connectivity index (χ1n) is 5.07. The minimum absolute atomic E-state index is 0.172. The van der Waals surface area contributed by atoms with Gasteiger partial charge in [-0.15, -0.1) is 10.2 Å². The Balaban J connectivity index is 2.10. The number of nitrogens with two attached hydrogens (primary N) is 1. The number of nitrogen functional groups attached to an aromatic ring is 1. The summed E-state index contributed by atoms with van der Waals surface area (Å²) in [5, 5.41) is 9.12. The van der Waals surface area contributed by atoms with Gasteiger partial charge in [0.25, 0.3) is 0 Å². The summed E-state index contributed by atoms with van der Waals surface area (Å²) in [5.41, 5.74) is 6.02. The Hall–Kier alpha value is -1.49. The van der Waals surface area contributed by atoms with Crippen molar-refractivity contribution in [1.82, 2.24) is 10.2 Å². The molecule has 1 heterocycles. The summed E-state index contributed by atoms with van der Waals surface area (Å²) in [6, 6.07) is 6.85. The van der Waals surface area contributed by atoms with Gasteiger partial charge in [0.15, 0.2) is 0 Å². The van der Waals surface area contributed by atoms with Crippen LogP contribution < -0.4 is 5.73 Å². The van der Waals surface area contributed by atoms with Crippen LogP contribution >= 0.6 is 11.3 Å². The summed E-state index contributed by atoms with van der Waals surface area (Å²) in [7, 11) is 0. The number of hydrogen-bond acceptors (Lipinski definition) is 4. The van der Waals surface area contributed by atoms with E-state index < -0.39 is 0 Å². The Morgan fingerprint density at radius 3 is 2.56 bits per heavy atom. The average molecular weight is 235 g/mol. The van der Waals surface area contributed by atoms with E-state index in [-0.39, 0.29) is 11.2 Å². The second-order valence-electron chi connectivity index (χ2n) is 4.01. The van der Waals surface area contributed by atoms with Gasteiger partial charge in [-0.25, -0.2) is 4.39 Å². The number of aromatic nitrogens is 2. The molecule has 1 aliphatic carbocycles. The molecule has 16 heavy (non-hydrogen) atoms. The lowest BCUT2D eigenvalue weighted by Gasteiger charge is -2.12. The van der Waals surface area contributed by atoms with Gasteiger partial charge >= 0.3 is 0 Å². The molecule has 2 aromatic rings. The van der Waals surface area contributed by atoms with Gasteiger partial charge in [-0.05, 0) is 18.9 Å². The standard InChI is InChI=1S/C11H10FN3S/c12-8-4-2-1-3-7(8)11(5-6-11)9-14-15-10(13)16-9/h1-4H,5-6H2,(H2,13,15). The maximum atomic E-state index is 13.7. The van der Waals surface area contributed by atoms with Gasteiger partial charge in [0.2, 0.25) is 5.13 Å². The summed E-state index contributed by atoms with van der Waals surface area (Å²) in [5.74, 6) is -0.172. The lowest BCUT2D eigenvalue weighted by Crippen LogP contribution is -2.10. The van der Waals surface area contributed by atoms with E-state index in [0.29, 0.717) is 10.7 Å². The van der Waals surface area contributed by atoms with Gasteiger partial charge in [0, 0.05) is 5.56 Å². The van der Waals surface area contributed by atoms with Crippen molar-refractivity contribution in [2.24, 2.45) is 0 Å². The minimum atomic E-state index is -0.263. The van der Waals surface area contributed by atoms with Crippen LogP contribution in [0.2, 0.25) is 0 Å². The predicted molar refractivity (Wildman–Crippen MR) is 60.7 cm³/mol. The first kappa shape index (κ1) is 9.72. The molecule has 0 bridgehead atoms. The molecule has 0 unspecified atom stereocenters. The van der Waals surface area contributed by atoms with Crippen molar-refractivity contribution in [3.8, 4) is 0 Å². The van der Waals surface area contributed by atoms with E-state index in [1.807, 2.05) is 12.1 Å². The number of nitrogens with zero attached hydrogens (tertiary/aromatic N) is 2. The van der Waals surface area contributed by atoms with Crippen molar-refractivity contribution >= 4 is 16.5 Å². The number of benzene rings is 1. The molecule has 1 aromatic heterocycles. The Bertz CT molecular complexity index is 534. The molecule has 0 amide bonds. The van der Waals surface area contributed by atoms with Crippen molar-refractivity contribution in [3.63, 3.8) is 0 Å². The van der Waals surface area contributed by atoms with Gasteiger partial charge in [0.05, 0.1) is 5.41 Å². The number of hydrogen-bond donors (Lipinski definition) is 1. The lowest BCUT2D eigenvalue weighted by molar-refractivity contribution is 0.592. The van der Waals surface area contributed by atoms with Crippen LogP contribution in [0.1, 0.15) is 23.4 Å². The maximum Gasteiger partial charge on any atom is 0.203 e. The minimum Gasteiger partial charge on any atom is -0.374 e. The fourth-order valence-electron chi connectivity index (χ4n) is 2.00. The molecule has 1 saturated carbocycles. The molecule has 0 aliphatic heterocycles. The first-order chi connectivity index (χ1) is 7.72. The van der Waals surface area contributed by atoms with Crippen molar-refractivity contribution in [2.75, 3.05) is 5.73 Å². The van der Waals surface area contributed by atoms with Crippen molar-refractivity contribution in [1.29, 1.82) is 0 Å². The molecule has 0 spiro atoms. The van der Waals surface area contributed by atoms with Crippen LogP contribution in [0.5, 0.6) is 0 Å². The van der Waals surface area contributed by atoms with E-state index in [9.17, 15) is 4.39 Å². The monoisotopic (exact) mass is 235 g/mol. The molecule has 1 aromatic carbocycles. The third kappa shape index (κ3) is 1.31. The summed E-state index contributed by atoms with van der Waals surface area (Å²) in [4.78, 5) is 0. The van der Waals surface area contributed by atoms with Crippen molar-refractivity contribution < 1.29 is 4.39 Å². The third-order valence-electron chi connectivity index (χ3n) is 2.99. The summed E-state index contributed by atoms with van der Waals surface area (Å²) < 4.78 is 13.7. The molecule has 0 saturated heterocycles. The Labute approximate surface area is 96.1 Å². The van der Waals surface area contributed by atoms with Crippen LogP contribution in [0.4, 0.5) is 9.52 Å². The van der Waals surface area contributed by atoms with Gasteiger partial charge in [-0.2, -0.15) is 0 Å². The molecule has 82 valence electrons. The van der Waals surface area contributed by atoms with Crippen molar-refractivity contribution in [2.45, 2.75) is 18.3 Å². The molecule has 3 rings (SSSR count). The van der Waals surface area contributed by atoms with Crippen molar-refractivity contribution in [3.05, 3.63) is 40.7 Å². The molecule has 2 N–H and O–H groups in total. The van der Waals surface area contributed by atoms with Gasteiger partial charge in [0.1, 0.15) is 10.8 Å². The number of anilines is 1. The molecular weight excluding hydrogens is 225 g/mol. The zero-order valence-electron chi connectivity index (χ0n) is 8.48. The van der Waals surface area contributed by atoms with Gasteiger partial charge < -0.3 is 5.73 Å². The predicted octanol–water partition coefficient (Wildman–Crippen LogP) is 2.34. The van der Waals surface area contributed by atoms with Gasteiger partial charge in [-0.1, -0.05) is 29.5 Å². The zero-order chi connectivity index (χ0) is 11.2. The summed E-state index contributed by atoms with van der Waals surface area (Å²) >= 11 is 1.35. The second kappa shape index (κ2) is 3.25. The van der Waals surface area contributed by atoms with E-state index in [0.717, 1.165) is 17.8 Å². The highest BCUT2D eigenvalue weighted by Crippen LogP contribution is 2.54. The van der Waals surface area contributed by atoms with Crippen LogP contribution in [0.3, 0.4) is 0 Å². The largest absolute Gasteiger partial charge is 0.374 e. The topological polar surface area (TPSA) is 51.8 Å². The van der Waals surface area contributed by atoms with E-state index in [1.54, 1.807) is 6.07 Å². The van der Waals surface area contributed by atoms with E-state index in [4.69, 9.17) is 5.73 Å². The van der Waals surface area contributed by atoms with E-state index in [2.05, 4.69) is 10.2 Å². The summed E-state index contributed by atoms with van der Waals surface area (Å²) in [6.45, 7) is 0. The highest BCUT2D eigenvalue weighted by Gasteiger charge is 2.50. The van der Waals surface area contributed by atoms with Crippen LogP contribution in [0.15, 0.2) is 24.3 Å². The first-order valence-corrected chi connectivity index (χ1v) is 5.88. The number of halogens is 1. The number of rotatable bonds is 2. The van der Waals surface area contributed by atoms with Crippen LogP contribution in [0, 0.1) is 5.82 Å². The van der Waals surface area contributed by atoms with Gasteiger partial charge in [-0.3, -0.25) is 0 Å². The van der Waals surface area contributed by atoms with Crippen LogP contribution in [-0.4, -0.2) is 10.2 Å². The summed E-state index contributed by atoms with van der Waals surface area (Å²) in [6.07, 6.45) is 1.84. The SMILES string of the molecule is Nc1nnc(C2(c3ccccc3F)CC2)s1. The Morgan fingerprint density at radius 1 is 1.25 bits per heavy atom. The Morgan fingerprint density at radius 2 is 2.00 bits per heavy atom. The molecule has 0 atom stereocenters. The zero-order valence-corrected chi connectivity index (χ0v) is 9.30.